The summed E-state index contributed by atoms with van der Waals surface area (Å²) in [5, 5.41) is 17.1. The van der Waals surface area contributed by atoms with Crippen molar-refractivity contribution >= 4 is 49.3 Å². The summed E-state index contributed by atoms with van der Waals surface area (Å²) in [6.45, 7) is 3.86. The Morgan fingerprint density at radius 2 is 1.53 bits per heavy atom. The molecule has 177 valence electrons. The van der Waals surface area contributed by atoms with Crippen molar-refractivity contribution in [2.75, 3.05) is 11.5 Å². The molecule has 3 amide bonds. The molecular formula is C21H31N4O5S2. The van der Waals surface area contributed by atoms with E-state index < -0.39 is 41.9 Å². The Morgan fingerprint density at radius 3 is 2.03 bits per heavy atom. The lowest BCUT2D eigenvalue weighted by molar-refractivity contribution is -0.132. The summed E-state index contributed by atoms with van der Waals surface area (Å²) in [6, 6.07) is 2.31. The highest BCUT2D eigenvalue weighted by molar-refractivity contribution is 7.80. The molecule has 0 fully saturated rings. The molecule has 11 heteroatoms. The number of hydrogen-bond donors (Lipinski definition) is 7. The van der Waals surface area contributed by atoms with Crippen LogP contribution in [-0.4, -0.2) is 64.8 Å². The van der Waals surface area contributed by atoms with E-state index in [1.54, 1.807) is 18.4 Å². The Kier molecular flexibility index (Phi) is 12.2. The summed E-state index contributed by atoms with van der Waals surface area (Å²) in [4.78, 5) is 48.8. The molecule has 9 nitrogen and oxygen atoms in total. The second-order valence-corrected chi connectivity index (χ2v) is 8.50. The molecular weight excluding hydrogens is 452 g/mol. The minimum Gasteiger partial charge on any atom is -0.508 e. The van der Waals surface area contributed by atoms with Crippen molar-refractivity contribution in [3.8, 4) is 5.75 Å². The average Bonchev–Trinajstić information content (AvgIpc) is 2.75. The Bertz CT molecular complexity index is 776. The van der Waals surface area contributed by atoms with Crippen molar-refractivity contribution in [1.29, 1.82) is 0 Å². The van der Waals surface area contributed by atoms with Gasteiger partial charge in [-0.1, -0.05) is 26.0 Å². The Balaban J connectivity index is 2.95. The number of aromatic hydroxyl groups is 1. The fourth-order valence-corrected chi connectivity index (χ4v) is 3.24. The summed E-state index contributed by atoms with van der Waals surface area (Å²) < 4.78 is 0. The number of thiol groups is 2. The third-order valence-corrected chi connectivity index (χ3v) is 5.26. The van der Waals surface area contributed by atoms with Gasteiger partial charge in [0.25, 0.3) is 0 Å². The maximum Gasteiger partial charge on any atom is 0.244 e. The number of nitrogens with one attached hydrogen (secondary N) is 3. The van der Waals surface area contributed by atoms with Crippen molar-refractivity contribution in [3.63, 3.8) is 0 Å². The van der Waals surface area contributed by atoms with Gasteiger partial charge in [0.1, 0.15) is 23.9 Å². The molecule has 0 saturated carbocycles. The minimum atomic E-state index is -1.06. The molecule has 0 aromatic heterocycles. The summed E-state index contributed by atoms with van der Waals surface area (Å²) in [6.07, 6.45) is 2.19. The topological polar surface area (TPSA) is 151 Å². The molecule has 32 heavy (non-hydrogen) atoms. The summed E-state index contributed by atoms with van der Waals surface area (Å²) in [5.41, 5.74) is 6.53. The standard InChI is InChI=1S/C21H31N4O5S2/c1-12(2)7-16(22)19(28)25-18(11-32)21(30)24-17(20(29)23-14(9-26)10-31)8-13-3-5-15(27)6-4-13/h3-6,12,14,16-18,27,31-32H,7-8,10-11,22H2,1-2H3,(H,23,29)(H,24,30)(H,25,28)/t14-,16+,17+,18+/m1/s1. The van der Waals surface area contributed by atoms with Gasteiger partial charge < -0.3 is 26.8 Å². The number of rotatable bonds is 13. The van der Waals surface area contributed by atoms with Crippen LogP contribution in [0.15, 0.2) is 24.3 Å². The zero-order valence-corrected chi connectivity index (χ0v) is 19.9. The van der Waals surface area contributed by atoms with Gasteiger partial charge in [-0.05, 0) is 30.0 Å². The zero-order chi connectivity index (χ0) is 24.3. The first-order chi connectivity index (χ1) is 15.1. The first kappa shape index (κ1) is 27.8. The highest BCUT2D eigenvalue weighted by Crippen LogP contribution is 2.12. The third kappa shape index (κ3) is 9.49. The number of nitrogens with two attached hydrogens (primary N) is 1. The molecule has 1 aromatic rings. The number of amides is 3. The largest absolute Gasteiger partial charge is 0.508 e. The monoisotopic (exact) mass is 483 g/mol. The van der Waals surface area contributed by atoms with Gasteiger partial charge >= 0.3 is 0 Å². The lowest BCUT2D eigenvalue weighted by Gasteiger charge is -2.24. The molecule has 0 unspecified atom stereocenters. The fourth-order valence-electron chi connectivity index (χ4n) is 2.82. The maximum atomic E-state index is 12.8. The van der Waals surface area contributed by atoms with E-state index in [0.717, 1.165) is 0 Å². The minimum absolute atomic E-state index is 0.0130. The first-order valence-corrected chi connectivity index (χ1v) is 11.4. The van der Waals surface area contributed by atoms with Gasteiger partial charge in [-0.25, -0.2) is 0 Å². The summed E-state index contributed by atoms with van der Waals surface area (Å²) in [7, 11) is 0. The quantitative estimate of drug-likeness (QED) is 0.192. The van der Waals surface area contributed by atoms with E-state index in [4.69, 9.17) is 5.73 Å². The molecule has 0 bridgehead atoms. The Morgan fingerprint density at radius 1 is 0.969 bits per heavy atom. The third-order valence-electron chi connectivity index (χ3n) is 4.53. The summed E-state index contributed by atoms with van der Waals surface area (Å²) in [5.74, 6) is -1.44. The molecule has 0 heterocycles. The summed E-state index contributed by atoms with van der Waals surface area (Å²) >= 11 is 8.12. The van der Waals surface area contributed by atoms with E-state index in [-0.39, 0.29) is 29.6 Å². The van der Waals surface area contributed by atoms with Gasteiger partial charge in [0.15, 0.2) is 0 Å². The van der Waals surface area contributed by atoms with E-state index in [1.807, 2.05) is 13.8 Å². The van der Waals surface area contributed by atoms with Crippen molar-refractivity contribution in [3.05, 3.63) is 29.8 Å². The van der Waals surface area contributed by atoms with Crippen LogP contribution in [-0.2, 0) is 25.6 Å². The van der Waals surface area contributed by atoms with Crippen LogP contribution in [0.5, 0.6) is 5.75 Å². The van der Waals surface area contributed by atoms with E-state index >= 15 is 0 Å². The van der Waals surface area contributed by atoms with Crippen LogP contribution in [0.3, 0.4) is 0 Å². The highest BCUT2D eigenvalue weighted by Gasteiger charge is 2.28. The number of phenolic OH excluding ortho intramolecular Hbond substituents is 1. The zero-order valence-electron chi connectivity index (χ0n) is 18.1. The molecule has 4 atom stereocenters. The number of phenols is 1. The van der Waals surface area contributed by atoms with Crippen LogP contribution in [0.2, 0.25) is 0 Å². The maximum absolute atomic E-state index is 12.8. The highest BCUT2D eigenvalue weighted by atomic mass is 32.1. The molecule has 1 aromatic carbocycles. The van der Waals surface area contributed by atoms with Crippen molar-refractivity contribution in [2.45, 2.75) is 50.9 Å². The number of carbonyl (C=O) groups excluding carboxylic acids is 4. The SMILES string of the molecule is CC(C)C[C@H](N)C(=O)N[C@@H](CS)C(=O)N[C@@H](Cc1ccc(O)cc1)C(=O)N[C@H]([C]=O)CS. The molecule has 0 aliphatic rings. The number of carbonyl (C=O) groups is 3. The average molecular weight is 484 g/mol. The van der Waals surface area contributed by atoms with Crippen molar-refractivity contribution in [2.24, 2.45) is 11.7 Å². The molecule has 1 radical (unpaired) electrons. The molecule has 1 rings (SSSR count). The van der Waals surface area contributed by atoms with Crippen LogP contribution < -0.4 is 21.7 Å². The smallest absolute Gasteiger partial charge is 0.244 e. The lowest BCUT2D eigenvalue weighted by atomic mass is 10.0. The molecule has 6 N–H and O–H groups in total. The van der Waals surface area contributed by atoms with Gasteiger partial charge in [-0.15, -0.1) is 0 Å². The molecule has 0 spiro atoms. The van der Waals surface area contributed by atoms with Crippen molar-refractivity contribution in [1.82, 2.24) is 16.0 Å². The van der Waals surface area contributed by atoms with Gasteiger partial charge in [0, 0.05) is 17.9 Å². The molecule has 0 aliphatic heterocycles. The van der Waals surface area contributed by atoms with E-state index in [2.05, 4.69) is 41.2 Å². The molecule has 0 aliphatic carbocycles. The predicted molar refractivity (Wildman–Crippen MR) is 128 cm³/mol. The second kappa shape index (κ2) is 14.0. The van der Waals surface area contributed by atoms with Gasteiger partial charge in [-0.2, -0.15) is 25.3 Å². The van der Waals surface area contributed by atoms with Crippen LogP contribution in [0.25, 0.3) is 0 Å². The van der Waals surface area contributed by atoms with Crippen LogP contribution in [0.4, 0.5) is 0 Å². The normalized spacial score (nSPS) is 14.7. The van der Waals surface area contributed by atoms with Crippen LogP contribution in [0, 0.1) is 5.92 Å². The first-order valence-electron chi connectivity index (χ1n) is 10.1. The number of benzene rings is 1. The van der Waals surface area contributed by atoms with E-state index in [0.29, 0.717) is 12.0 Å². The van der Waals surface area contributed by atoms with Gasteiger partial charge in [0.2, 0.25) is 24.0 Å². The van der Waals surface area contributed by atoms with E-state index in [9.17, 15) is 24.3 Å². The van der Waals surface area contributed by atoms with Crippen LogP contribution >= 0.6 is 25.3 Å². The molecule has 0 saturated heterocycles. The number of hydrogen-bond acceptors (Lipinski definition) is 8. The predicted octanol–water partition coefficient (Wildman–Crippen LogP) is -0.268. The second-order valence-electron chi connectivity index (χ2n) is 7.77. The van der Waals surface area contributed by atoms with E-state index in [1.165, 1.54) is 12.1 Å². The lowest BCUT2D eigenvalue weighted by Crippen LogP contribution is -2.58. The fraction of sp³-hybridized carbons (Fsp3) is 0.524. The van der Waals surface area contributed by atoms with Crippen LogP contribution in [0.1, 0.15) is 25.8 Å². The van der Waals surface area contributed by atoms with Gasteiger partial charge in [0.05, 0.1) is 6.04 Å². The Labute approximate surface area is 199 Å². The Hall–Kier alpha value is -2.24. The van der Waals surface area contributed by atoms with Gasteiger partial charge in [-0.3, -0.25) is 19.2 Å². The van der Waals surface area contributed by atoms with Crippen molar-refractivity contribution < 1.29 is 24.3 Å².